The molecule has 4 rings (SSSR count). The van der Waals surface area contributed by atoms with Crippen LogP contribution < -0.4 is 10.1 Å². The van der Waals surface area contributed by atoms with Crippen LogP contribution in [0, 0.1) is 10.1 Å². The number of hydrogen-bond donors (Lipinski definition) is 1. The van der Waals surface area contributed by atoms with Crippen molar-refractivity contribution in [2.24, 2.45) is 0 Å². The van der Waals surface area contributed by atoms with Gasteiger partial charge in [-0.3, -0.25) is 19.7 Å². The summed E-state index contributed by atoms with van der Waals surface area (Å²) < 4.78 is 7.11. The van der Waals surface area contributed by atoms with E-state index in [1.807, 2.05) is 29.2 Å². The number of nitro benzene ring substituents is 1. The molecule has 2 amide bonds. The number of aromatic nitrogens is 1. The van der Waals surface area contributed by atoms with Crippen LogP contribution in [-0.2, 0) is 22.6 Å². The lowest BCUT2D eigenvalue weighted by Gasteiger charge is -2.32. The largest absolute Gasteiger partial charge is 0.496 e. The summed E-state index contributed by atoms with van der Waals surface area (Å²) >= 11 is 0. The van der Waals surface area contributed by atoms with E-state index < -0.39 is 4.92 Å². The second-order valence-corrected chi connectivity index (χ2v) is 8.16. The number of nitro groups is 1. The fourth-order valence-electron chi connectivity index (χ4n) is 4.26. The first-order valence-corrected chi connectivity index (χ1v) is 10.9. The van der Waals surface area contributed by atoms with E-state index in [0.29, 0.717) is 38.1 Å². The number of piperidine rings is 1. The Morgan fingerprint density at radius 3 is 2.64 bits per heavy atom. The standard InChI is InChI=1S/C24H26N4O5/c1-33-22-5-3-2-4-18(22)15-24(30)26-12-9-19(10-13-26)25-23(29)16-27-11-8-17-14-20(28(31)32)6-7-21(17)27/h2-8,11,14,19H,9-10,12-13,15-16H2,1H3,(H,25,29). The number of nitrogens with zero attached hydrogens (tertiary/aromatic N) is 3. The Hall–Kier alpha value is -3.88. The lowest BCUT2D eigenvalue weighted by molar-refractivity contribution is -0.384. The predicted octanol–water partition coefficient (Wildman–Crippen LogP) is 2.91. The van der Waals surface area contributed by atoms with Gasteiger partial charge in [-0.15, -0.1) is 0 Å². The average Bonchev–Trinajstić information content (AvgIpc) is 3.21. The molecule has 1 saturated heterocycles. The first kappa shape index (κ1) is 22.3. The second kappa shape index (κ2) is 9.72. The predicted molar refractivity (Wildman–Crippen MR) is 123 cm³/mol. The Balaban J connectivity index is 1.28. The van der Waals surface area contributed by atoms with Crippen LogP contribution in [0.15, 0.2) is 54.7 Å². The number of carbonyl (C=O) groups is 2. The van der Waals surface area contributed by atoms with Crippen molar-refractivity contribution in [3.8, 4) is 5.75 Å². The fraction of sp³-hybridized carbons (Fsp3) is 0.333. The molecule has 1 fully saturated rings. The molecule has 3 aromatic rings. The number of ether oxygens (including phenoxy) is 1. The highest BCUT2D eigenvalue weighted by atomic mass is 16.6. The molecular weight excluding hydrogens is 424 g/mol. The number of benzene rings is 2. The van der Waals surface area contributed by atoms with Gasteiger partial charge in [-0.25, -0.2) is 0 Å². The van der Waals surface area contributed by atoms with E-state index in [-0.39, 0.29) is 30.1 Å². The van der Waals surface area contributed by atoms with Crippen LogP contribution in [0.25, 0.3) is 10.9 Å². The van der Waals surface area contributed by atoms with Gasteiger partial charge in [0, 0.05) is 53.9 Å². The van der Waals surface area contributed by atoms with Crippen molar-refractivity contribution in [1.29, 1.82) is 0 Å². The number of fused-ring (bicyclic) bond motifs is 1. The molecule has 9 heteroatoms. The summed E-state index contributed by atoms with van der Waals surface area (Å²) in [5, 5.41) is 14.7. The minimum atomic E-state index is -0.434. The molecule has 2 heterocycles. The van der Waals surface area contributed by atoms with E-state index in [1.54, 1.807) is 30.0 Å². The van der Waals surface area contributed by atoms with Crippen molar-refractivity contribution in [2.75, 3.05) is 20.2 Å². The van der Waals surface area contributed by atoms with Gasteiger partial charge in [-0.2, -0.15) is 0 Å². The van der Waals surface area contributed by atoms with E-state index in [2.05, 4.69) is 5.32 Å². The first-order valence-electron chi connectivity index (χ1n) is 10.9. The van der Waals surface area contributed by atoms with Crippen LogP contribution in [-0.4, -0.2) is 52.4 Å². The molecule has 9 nitrogen and oxygen atoms in total. The monoisotopic (exact) mass is 450 g/mol. The van der Waals surface area contributed by atoms with Crippen LogP contribution in [0.1, 0.15) is 18.4 Å². The molecule has 0 spiro atoms. The molecule has 172 valence electrons. The number of non-ortho nitro benzene ring substituents is 1. The molecule has 1 aliphatic rings. The fourth-order valence-corrected chi connectivity index (χ4v) is 4.26. The Kier molecular flexibility index (Phi) is 6.58. The number of hydrogen-bond acceptors (Lipinski definition) is 5. The Labute approximate surface area is 191 Å². The lowest BCUT2D eigenvalue weighted by Crippen LogP contribution is -2.47. The van der Waals surface area contributed by atoms with Crippen molar-refractivity contribution in [1.82, 2.24) is 14.8 Å². The SMILES string of the molecule is COc1ccccc1CC(=O)N1CCC(NC(=O)Cn2ccc3cc([N+](=O)[O-])ccc32)CC1. The molecule has 1 N–H and O–H groups in total. The van der Waals surface area contributed by atoms with Crippen LogP contribution in [0.3, 0.4) is 0 Å². The maximum atomic E-state index is 12.7. The molecule has 0 atom stereocenters. The van der Waals surface area contributed by atoms with Crippen molar-refractivity contribution in [3.63, 3.8) is 0 Å². The minimum Gasteiger partial charge on any atom is -0.496 e. The summed E-state index contributed by atoms with van der Waals surface area (Å²) in [4.78, 5) is 37.6. The number of nitrogens with one attached hydrogen (secondary N) is 1. The number of likely N-dealkylation sites (tertiary alicyclic amines) is 1. The lowest BCUT2D eigenvalue weighted by atomic mass is 10.0. The smallest absolute Gasteiger partial charge is 0.270 e. The third-order valence-corrected chi connectivity index (χ3v) is 6.03. The average molecular weight is 450 g/mol. The van der Waals surface area contributed by atoms with Crippen molar-refractivity contribution >= 4 is 28.4 Å². The quantitative estimate of drug-likeness (QED) is 0.440. The van der Waals surface area contributed by atoms with Gasteiger partial charge in [0.15, 0.2) is 0 Å². The van der Waals surface area contributed by atoms with E-state index in [9.17, 15) is 19.7 Å². The number of carbonyl (C=O) groups excluding carboxylic acids is 2. The molecule has 0 radical (unpaired) electrons. The third kappa shape index (κ3) is 5.14. The first-order chi connectivity index (χ1) is 15.9. The molecule has 33 heavy (non-hydrogen) atoms. The normalized spacial score (nSPS) is 14.3. The minimum absolute atomic E-state index is 0.00993. The molecular formula is C24H26N4O5. The number of para-hydroxylation sites is 1. The number of rotatable bonds is 7. The third-order valence-electron chi connectivity index (χ3n) is 6.03. The van der Waals surface area contributed by atoms with Gasteiger partial charge in [0.1, 0.15) is 12.3 Å². The van der Waals surface area contributed by atoms with E-state index >= 15 is 0 Å². The Morgan fingerprint density at radius 2 is 1.91 bits per heavy atom. The molecule has 1 aromatic heterocycles. The number of amides is 2. The molecule has 1 aliphatic heterocycles. The molecule has 2 aromatic carbocycles. The van der Waals surface area contributed by atoms with Crippen LogP contribution >= 0.6 is 0 Å². The summed E-state index contributed by atoms with van der Waals surface area (Å²) in [5.74, 6) is 0.641. The molecule has 0 bridgehead atoms. The zero-order valence-electron chi connectivity index (χ0n) is 18.4. The number of methoxy groups -OCH3 is 1. The molecule has 0 unspecified atom stereocenters. The van der Waals surface area contributed by atoms with Gasteiger partial charge >= 0.3 is 0 Å². The summed E-state index contributed by atoms with van der Waals surface area (Å²) in [6.45, 7) is 1.32. The van der Waals surface area contributed by atoms with Crippen LogP contribution in [0.2, 0.25) is 0 Å². The van der Waals surface area contributed by atoms with Crippen molar-refractivity contribution < 1.29 is 19.2 Å². The maximum absolute atomic E-state index is 12.7. The van der Waals surface area contributed by atoms with E-state index in [1.165, 1.54) is 12.1 Å². The van der Waals surface area contributed by atoms with Gasteiger partial charge < -0.3 is 19.5 Å². The van der Waals surface area contributed by atoms with Gasteiger partial charge in [0.05, 0.1) is 18.5 Å². The van der Waals surface area contributed by atoms with Crippen molar-refractivity contribution in [3.05, 3.63) is 70.4 Å². The topological polar surface area (TPSA) is 107 Å². The molecule has 0 saturated carbocycles. The highest BCUT2D eigenvalue weighted by Gasteiger charge is 2.24. The summed E-state index contributed by atoms with van der Waals surface area (Å²) in [5.41, 5.74) is 1.66. The van der Waals surface area contributed by atoms with E-state index in [0.717, 1.165) is 16.5 Å². The molecule has 0 aliphatic carbocycles. The Bertz CT molecular complexity index is 1180. The summed E-state index contributed by atoms with van der Waals surface area (Å²) in [7, 11) is 1.60. The zero-order valence-corrected chi connectivity index (χ0v) is 18.4. The van der Waals surface area contributed by atoms with Crippen LogP contribution in [0.5, 0.6) is 5.75 Å². The highest BCUT2D eigenvalue weighted by Crippen LogP contribution is 2.22. The summed E-state index contributed by atoms with van der Waals surface area (Å²) in [6.07, 6.45) is 3.44. The van der Waals surface area contributed by atoms with Gasteiger partial charge in [0.25, 0.3) is 5.69 Å². The maximum Gasteiger partial charge on any atom is 0.270 e. The zero-order chi connectivity index (χ0) is 23.4. The van der Waals surface area contributed by atoms with Crippen LogP contribution in [0.4, 0.5) is 5.69 Å². The van der Waals surface area contributed by atoms with E-state index in [4.69, 9.17) is 4.74 Å². The van der Waals surface area contributed by atoms with Gasteiger partial charge in [-0.05, 0) is 31.0 Å². The summed E-state index contributed by atoms with van der Waals surface area (Å²) in [6, 6.07) is 13.9. The second-order valence-electron chi connectivity index (χ2n) is 8.16. The van der Waals surface area contributed by atoms with Gasteiger partial charge in [0.2, 0.25) is 11.8 Å². The Morgan fingerprint density at radius 1 is 1.15 bits per heavy atom. The highest BCUT2D eigenvalue weighted by molar-refractivity contribution is 5.85. The van der Waals surface area contributed by atoms with Crippen molar-refractivity contribution in [2.45, 2.75) is 31.8 Å². The van der Waals surface area contributed by atoms with Gasteiger partial charge in [-0.1, -0.05) is 18.2 Å².